The fourth-order valence-electron chi connectivity index (χ4n) is 3.40. The third-order valence-electron chi connectivity index (χ3n) is 5.08. The summed E-state index contributed by atoms with van der Waals surface area (Å²) in [5.41, 5.74) is -1.72. The second-order valence-corrected chi connectivity index (χ2v) is 9.42. The van der Waals surface area contributed by atoms with E-state index in [-0.39, 0.29) is 27.6 Å². The zero-order valence-electron chi connectivity index (χ0n) is 16.2. The van der Waals surface area contributed by atoms with E-state index in [0.717, 1.165) is 21.2 Å². The second-order valence-electron chi connectivity index (χ2n) is 7.17. The van der Waals surface area contributed by atoms with Gasteiger partial charge in [0, 0.05) is 23.9 Å². The predicted molar refractivity (Wildman–Crippen MR) is 105 cm³/mol. The molecule has 2 aromatic heterocycles. The van der Waals surface area contributed by atoms with E-state index in [9.17, 15) is 26.4 Å². The molecular formula is C19H17F3N4O4S. The van der Waals surface area contributed by atoms with Crippen molar-refractivity contribution in [3.63, 3.8) is 0 Å². The van der Waals surface area contributed by atoms with Crippen LogP contribution in [0.5, 0.6) is 0 Å². The van der Waals surface area contributed by atoms with E-state index in [4.69, 9.17) is 5.21 Å². The number of rotatable bonds is 5. The largest absolute Gasteiger partial charge is 0.431 e. The van der Waals surface area contributed by atoms with Gasteiger partial charge in [0.05, 0.1) is 22.6 Å². The fourth-order valence-corrected chi connectivity index (χ4v) is 4.54. The molecule has 0 spiro atoms. The first-order valence-corrected chi connectivity index (χ1v) is 11.0. The lowest BCUT2D eigenvalue weighted by Gasteiger charge is -2.14. The van der Waals surface area contributed by atoms with E-state index < -0.39 is 33.4 Å². The first-order chi connectivity index (χ1) is 14.6. The lowest BCUT2D eigenvalue weighted by molar-refractivity contribution is -0.144. The van der Waals surface area contributed by atoms with Crippen molar-refractivity contribution in [3.05, 3.63) is 52.2 Å². The maximum atomic E-state index is 13.5. The Kier molecular flexibility index (Phi) is 4.91. The summed E-state index contributed by atoms with van der Waals surface area (Å²) in [5, 5.41) is 11.6. The Balaban J connectivity index is 1.98. The van der Waals surface area contributed by atoms with Crippen LogP contribution >= 0.6 is 0 Å². The molecule has 8 nitrogen and oxygen atoms in total. The van der Waals surface area contributed by atoms with Crippen LogP contribution in [0.4, 0.5) is 13.2 Å². The molecule has 1 aliphatic rings. The Hall–Kier alpha value is -3.15. The van der Waals surface area contributed by atoms with Gasteiger partial charge in [0.25, 0.3) is 0 Å². The van der Waals surface area contributed by atoms with Crippen LogP contribution in [0.1, 0.15) is 37.1 Å². The molecule has 0 radical (unpaired) electrons. The summed E-state index contributed by atoms with van der Waals surface area (Å²) < 4.78 is 67.6. The number of alkyl halides is 3. The summed E-state index contributed by atoms with van der Waals surface area (Å²) in [4.78, 5) is 16.8. The quantitative estimate of drug-likeness (QED) is 0.362. The van der Waals surface area contributed by atoms with Gasteiger partial charge >= 0.3 is 11.9 Å². The van der Waals surface area contributed by atoms with Gasteiger partial charge in [-0.15, -0.1) is 0 Å². The molecule has 0 unspecified atom stereocenters. The highest BCUT2D eigenvalue weighted by Crippen LogP contribution is 2.39. The van der Waals surface area contributed by atoms with Crippen molar-refractivity contribution in [3.8, 4) is 11.3 Å². The lowest BCUT2D eigenvalue weighted by atomic mass is 10.1. The molecule has 0 aliphatic heterocycles. The van der Waals surface area contributed by atoms with E-state index in [1.165, 1.54) is 31.3 Å². The van der Waals surface area contributed by atoms with E-state index in [1.54, 1.807) is 0 Å². The van der Waals surface area contributed by atoms with Gasteiger partial charge < -0.3 is 5.21 Å². The van der Waals surface area contributed by atoms with Crippen LogP contribution in [0.3, 0.4) is 0 Å². The van der Waals surface area contributed by atoms with Gasteiger partial charge in [-0.1, -0.05) is 24.2 Å². The summed E-state index contributed by atoms with van der Waals surface area (Å²) >= 11 is 0. The summed E-state index contributed by atoms with van der Waals surface area (Å²) in [6.07, 6.45) is -1.50. The lowest BCUT2D eigenvalue weighted by Crippen LogP contribution is -2.31. The van der Waals surface area contributed by atoms with Crippen LogP contribution in [0.25, 0.3) is 16.9 Å². The number of sulfone groups is 1. The van der Waals surface area contributed by atoms with Crippen molar-refractivity contribution < 1.29 is 26.8 Å². The minimum Gasteiger partial charge on any atom is -0.411 e. The van der Waals surface area contributed by atoms with Crippen molar-refractivity contribution in [2.45, 2.75) is 36.9 Å². The van der Waals surface area contributed by atoms with E-state index >= 15 is 0 Å². The van der Waals surface area contributed by atoms with Crippen LogP contribution in [0, 0.1) is 0 Å². The zero-order chi connectivity index (χ0) is 22.6. The maximum absolute atomic E-state index is 13.5. The summed E-state index contributed by atoms with van der Waals surface area (Å²) in [7, 11) is -3.76. The van der Waals surface area contributed by atoms with Gasteiger partial charge in [0.1, 0.15) is 11.3 Å². The molecule has 3 aromatic rings. The van der Waals surface area contributed by atoms with Crippen molar-refractivity contribution in [2.75, 3.05) is 5.75 Å². The Morgan fingerprint density at radius 3 is 2.58 bits per heavy atom. The molecule has 0 amide bonds. The SMILES string of the molecule is CCS(=O)(=O)c1cc(/C=N/O)ccc1-c1cn2c(=O)n(C3CC3)c(C(F)(F)F)cc2n1. The molecular weight excluding hydrogens is 437 g/mol. The number of aromatic nitrogens is 3. The van der Waals surface area contributed by atoms with Crippen molar-refractivity contribution in [1.82, 2.24) is 14.0 Å². The summed E-state index contributed by atoms with van der Waals surface area (Å²) in [6, 6.07) is 4.43. The molecule has 1 N–H and O–H groups in total. The molecule has 2 heterocycles. The van der Waals surface area contributed by atoms with Gasteiger partial charge in [-0.2, -0.15) is 13.2 Å². The third kappa shape index (κ3) is 3.71. The maximum Gasteiger partial charge on any atom is 0.431 e. The summed E-state index contributed by atoms with van der Waals surface area (Å²) in [5.74, 6) is -0.236. The molecule has 4 rings (SSSR count). The smallest absolute Gasteiger partial charge is 0.411 e. The zero-order valence-corrected chi connectivity index (χ0v) is 17.0. The molecule has 1 fully saturated rings. The van der Waals surface area contributed by atoms with Gasteiger partial charge in [0.15, 0.2) is 9.84 Å². The Morgan fingerprint density at radius 2 is 2.00 bits per heavy atom. The highest BCUT2D eigenvalue weighted by atomic mass is 32.2. The molecule has 0 bridgehead atoms. The summed E-state index contributed by atoms with van der Waals surface area (Å²) in [6.45, 7) is 1.44. The molecule has 1 aliphatic carbocycles. The van der Waals surface area contributed by atoms with Gasteiger partial charge in [-0.05, 0) is 24.5 Å². The van der Waals surface area contributed by atoms with Crippen molar-refractivity contribution >= 4 is 21.7 Å². The third-order valence-corrected chi connectivity index (χ3v) is 6.84. The van der Waals surface area contributed by atoms with Crippen LogP contribution in [-0.2, 0) is 16.0 Å². The average Bonchev–Trinajstić information content (AvgIpc) is 3.45. The number of oxime groups is 1. The van der Waals surface area contributed by atoms with Gasteiger partial charge in [0.2, 0.25) is 0 Å². The average molecular weight is 454 g/mol. The normalized spacial score (nSPS) is 15.2. The van der Waals surface area contributed by atoms with Gasteiger partial charge in [-0.25, -0.2) is 18.2 Å². The van der Waals surface area contributed by atoms with Crippen molar-refractivity contribution in [2.24, 2.45) is 5.16 Å². The van der Waals surface area contributed by atoms with Crippen LogP contribution in [0.15, 0.2) is 45.3 Å². The van der Waals surface area contributed by atoms with Crippen molar-refractivity contribution in [1.29, 1.82) is 0 Å². The number of benzene rings is 1. The minimum absolute atomic E-state index is 0.0401. The monoisotopic (exact) mass is 454 g/mol. The van der Waals surface area contributed by atoms with E-state index in [1.807, 2.05) is 0 Å². The Morgan fingerprint density at radius 1 is 1.29 bits per heavy atom. The highest BCUT2D eigenvalue weighted by molar-refractivity contribution is 7.91. The minimum atomic E-state index is -4.74. The topological polar surface area (TPSA) is 106 Å². The molecule has 1 aromatic carbocycles. The molecule has 0 saturated heterocycles. The van der Waals surface area contributed by atoms with E-state index in [2.05, 4.69) is 10.1 Å². The fraction of sp³-hybridized carbons (Fsp3) is 0.316. The molecule has 164 valence electrons. The van der Waals surface area contributed by atoms with E-state index in [0.29, 0.717) is 18.4 Å². The first-order valence-electron chi connectivity index (χ1n) is 9.33. The number of nitrogens with zero attached hydrogens (tertiary/aromatic N) is 4. The first kappa shape index (κ1) is 21.1. The standard InChI is InChI=1S/C19H17F3N4O4S/c1-2-31(29,30)15-7-11(9-23-28)3-6-13(15)14-10-25-17(24-14)8-16(19(20,21)22)26(18(25)27)12-4-5-12/h3,6-10,12,28H,2,4-5H2,1H3/b23-9+. The molecule has 31 heavy (non-hydrogen) atoms. The second kappa shape index (κ2) is 7.22. The van der Waals surface area contributed by atoms with Gasteiger partial charge in [-0.3, -0.25) is 8.97 Å². The number of hydrogen-bond acceptors (Lipinski definition) is 6. The number of hydrogen-bond donors (Lipinski definition) is 1. The van der Waals surface area contributed by atoms with Crippen LogP contribution in [0.2, 0.25) is 0 Å². The molecule has 1 saturated carbocycles. The van der Waals surface area contributed by atoms with Crippen LogP contribution in [-0.4, -0.2) is 39.5 Å². The number of imidazole rings is 1. The predicted octanol–water partition coefficient (Wildman–Crippen LogP) is 3.12. The highest BCUT2D eigenvalue weighted by Gasteiger charge is 2.40. The van der Waals surface area contributed by atoms with Crippen LogP contribution < -0.4 is 5.69 Å². The Bertz CT molecular complexity index is 1370. The number of halogens is 3. The Labute approximate surface area is 174 Å². The number of fused-ring (bicyclic) bond motifs is 1. The molecule has 0 atom stereocenters. The molecule has 12 heteroatoms.